The van der Waals surface area contributed by atoms with Crippen LogP contribution in [-0.2, 0) is 22.6 Å². The number of carbonyl (C=O) groups excluding carboxylic acids is 2. The number of amides is 2. The van der Waals surface area contributed by atoms with Crippen molar-refractivity contribution >= 4 is 23.2 Å². The first-order valence-electron chi connectivity index (χ1n) is 10.7. The highest BCUT2D eigenvalue weighted by atomic mass is 16.2. The summed E-state index contributed by atoms with van der Waals surface area (Å²) in [6.07, 6.45) is 4.09. The van der Waals surface area contributed by atoms with Gasteiger partial charge in [0.25, 0.3) is 5.91 Å². The molecule has 5 heteroatoms. The predicted octanol–water partition coefficient (Wildman–Crippen LogP) is 3.78. The number of hydrogen-bond acceptors (Lipinski definition) is 3. The Morgan fingerprint density at radius 2 is 1.83 bits per heavy atom. The number of rotatable bonds is 5. The molecule has 0 atom stereocenters. The summed E-state index contributed by atoms with van der Waals surface area (Å²) in [5.41, 5.74) is 4.27. The second-order valence-electron chi connectivity index (χ2n) is 8.14. The Bertz CT molecular complexity index is 933. The van der Waals surface area contributed by atoms with Crippen molar-refractivity contribution in [3.8, 4) is 0 Å². The number of fused-ring (bicyclic) bond motifs is 1. The van der Waals surface area contributed by atoms with Gasteiger partial charge >= 0.3 is 0 Å². The Balaban J connectivity index is 1.51. The number of benzene rings is 2. The number of carbonyl (C=O) groups is 2. The molecule has 0 radical (unpaired) electrons. The van der Waals surface area contributed by atoms with E-state index in [1.807, 2.05) is 23.1 Å². The van der Waals surface area contributed by atoms with Crippen LogP contribution in [0.15, 0.2) is 61.2 Å². The monoisotopic (exact) mass is 403 g/mol. The molecule has 4 rings (SSSR count). The summed E-state index contributed by atoms with van der Waals surface area (Å²) < 4.78 is 0. The van der Waals surface area contributed by atoms with E-state index in [2.05, 4.69) is 41.8 Å². The van der Waals surface area contributed by atoms with Crippen molar-refractivity contribution in [3.63, 3.8) is 0 Å². The number of piperidine rings is 1. The van der Waals surface area contributed by atoms with Crippen LogP contribution in [-0.4, -0.2) is 42.4 Å². The standard InChI is InChI=1S/C25H29N3O2/c1-3-25(30)28(23-10-9-21-11-16-27(19(2)29)24(21)17-23)22-12-14-26(15-13-22)18-20-7-5-4-6-8-20/h3-10,17,22H,1,11-16,18H2,2H3. The van der Waals surface area contributed by atoms with Gasteiger partial charge in [-0.1, -0.05) is 43.0 Å². The maximum absolute atomic E-state index is 12.8. The topological polar surface area (TPSA) is 43.9 Å². The molecule has 2 aliphatic rings. The molecule has 5 nitrogen and oxygen atoms in total. The van der Waals surface area contributed by atoms with E-state index in [9.17, 15) is 9.59 Å². The van der Waals surface area contributed by atoms with E-state index >= 15 is 0 Å². The summed E-state index contributed by atoms with van der Waals surface area (Å²) >= 11 is 0. The lowest BCUT2D eigenvalue weighted by atomic mass is 10.0. The molecule has 0 bridgehead atoms. The van der Waals surface area contributed by atoms with Gasteiger partial charge in [-0.15, -0.1) is 0 Å². The van der Waals surface area contributed by atoms with Gasteiger partial charge in [-0.05, 0) is 48.6 Å². The average Bonchev–Trinajstić information content (AvgIpc) is 3.19. The minimum absolute atomic E-state index is 0.0433. The van der Waals surface area contributed by atoms with Crippen LogP contribution < -0.4 is 9.80 Å². The number of hydrogen-bond donors (Lipinski definition) is 0. The van der Waals surface area contributed by atoms with Crippen LogP contribution >= 0.6 is 0 Å². The van der Waals surface area contributed by atoms with Gasteiger partial charge in [-0.3, -0.25) is 14.5 Å². The fourth-order valence-corrected chi connectivity index (χ4v) is 4.64. The second kappa shape index (κ2) is 8.84. The molecule has 0 unspecified atom stereocenters. The highest BCUT2D eigenvalue weighted by Crippen LogP contribution is 2.34. The predicted molar refractivity (Wildman–Crippen MR) is 121 cm³/mol. The summed E-state index contributed by atoms with van der Waals surface area (Å²) in [4.78, 5) is 30.9. The molecule has 2 aliphatic heterocycles. The van der Waals surface area contributed by atoms with Gasteiger partial charge < -0.3 is 9.80 Å². The van der Waals surface area contributed by atoms with Gasteiger partial charge in [0.1, 0.15) is 0 Å². The van der Waals surface area contributed by atoms with E-state index in [1.54, 1.807) is 11.8 Å². The quantitative estimate of drug-likeness (QED) is 0.714. The number of nitrogens with zero attached hydrogens (tertiary/aromatic N) is 3. The van der Waals surface area contributed by atoms with Crippen molar-refractivity contribution in [2.45, 2.75) is 38.8 Å². The van der Waals surface area contributed by atoms with Gasteiger partial charge in [0, 0.05) is 50.5 Å². The van der Waals surface area contributed by atoms with Crippen LogP contribution in [0, 0.1) is 0 Å². The minimum Gasteiger partial charge on any atom is -0.312 e. The van der Waals surface area contributed by atoms with E-state index in [1.165, 1.54) is 11.6 Å². The molecule has 2 aromatic carbocycles. The maximum Gasteiger partial charge on any atom is 0.250 e. The molecule has 2 amide bonds. The zero-order chi connectivity index (χ0) is 21.1. The minimum atomic E-state index is -0.0798. The van der Waals surface area contributed by atoms with Gasteiger partial charge in [0.15, 0.2) is 0 Å². The van der Waals surface area contributed by atoms with E-state index in [0.717, 1.165) is 55.8 Å². The highest BCUT2D eigenvalue weighted by Gasteiger charge is 2.30. The molecule has 1 fully saturated rings. The molecule has 0 aliphatic carbocycles. The third kappa shape index (κ3) is 4.17. The van der Waals surface area contributed by atoms with Crippen LogP contribution in [0.1, 0.15) is 30.9 Å². The molecule has 1 saturated heterocycles. The van der Waals surface area contributed by atoms with E-state index in [0.29, 0.717) is 6.54 Å². The first-order chi connectivity index (χ1) is 14.6. The second-order valence-corrected chi connectivity index (χ2v) is 8.14. The molecule has 156 valence electrons. The molecular weight excluding hydrogens is 374 g/mol. The lowest BCUT2D eigenvalue weighted by molar-refractivity contribution is -0.116. The van der Waals surface area contributed by atoms with Crippen LogP contribution in [0.5, 0.6) is 0 Å². The zero-order valence-corrected chi connectivity index (χ0v) is 17.6. The largest absolute Gasteiger partial charge is 0.312 e. The zero-order valence-electron chi connectivity index (χ0n) is 17.6. The molecule has 0 aromatic heterocycles. The Hall–Kier alpha value is -2.92. The Morgan fingerprint density at radius 1 is 1.10 bits per heavy atom. The van der Waals surface area contributed by atoms with Crippen molar-refractivity contribution in [3.05, 3.63) is 72.3 Å². The third-order valence-corrected chi connectivity index (χ3v) is 6.21. The van der Waals surface area contributed by atoms with E-state index in [4.69, 9.17) is 0 Å². The highest BCUT2D eigenvalue weighted by molar-refractivity contribution is 6.02. The first kappa shape index (κ1) is 20.4. The van der Waals surface area contributed by atoms with Crippen LogP contribution in [0.4, 0.5) is 11.4 Å². The Labute approximate surface area is 178 Å². The molecule has 0 spiro atoms. The van der Waals surface area contributed by atoms with E-state index in [-0.39, 0.29) is 17.9 Å². The number of anilines is 2. The number of likely N-dealkylation sites (tertiary alicyclic amines) is 1. The molecular formula is C25H29N3O2. The SMILES string of the molecule is C=CC(=O)N(c1ccc2c(c1)N(C(C)=O)CC2)C1CCN(Cc2ccccc2)CC1. The van der Waals surface area contributed by atoms with Crippen molar-refractivity contribution in [1.82, 2.24) is 4.90 Å². The van der Waals surface area contributed by atoms with Crippen LogP contribution in [0.2, 0.25) is 0 Å². The summed E-state index contributed by atoms with van der Waals surface area (Å²) in [7, 11) is 0. The fourth-order valence-electron chi connectivity index (χ4n) is 4.64. The lowest BCUT2D eigenvalue weighted by Gasteiger charge is -2.38. The summed E-state index contributed by atoms with van der Waals surface area (Å²) in [5.74, 6) is -0.0365. The van der Waals surface area contributed by atoms with Gasteiger partial charge in [-0.25, -0.2) is 0 Å². The van der Waals surface area contributed by atoms with Gasteiger partial charge in [0.05, 0.1) is 0 Å². The van der Waals surface area contributed by atoms with Crippen molar-refractivity contribution in [2.75, 3.05) is 29.4 Å². The van der Waals surface area contributed by atoms with E-state index < -0.39 is 0 Å². The first-order valence-corrected chi connectivity index (χ1v) is 10.7. The van der Waals surface area contributed by atoms with Crippen LogP contribution in [0.25, 0.3) is 0 Å². The van der Waals surface area contributed by atoms with Gasteiger partial charge in [-0.2, -0.15) is 0 Å². The maximum atomic E-state index is 12.8. The van der Waals surface area contributed by atoms with Crippen molar-refractivity contribution in [2.24, 2.45) is 0 Å². The van der Waals surface area contributed by atoms with Crippen molar-refractivity contribution in [1.29, 1.82) is 0 Å². The summed E-state index contributed by atoms with van der Waals surface area (Å²) in [6.45, 7) is 8.86. The fraction of sp³-hybridized carbons (Fsp3) is 0.360. The summed E-state index contributed by atoms with van der Waals surface area (Å²) in [5, 5.41) is 0. The molecule has 30 heavy (non-hydrogen) atoms. The smallest absolute Gasteiger partial charge is 0.250 e. The summed E-state index contributed by atoms with van der Waals surface area (Å²) in [6, 6.07) is 16.7. The van der Waals surface area contributed by atoms with Crippen LogP contribution in [0.3, 0.4) is 0 Å². The molecule has 0 N–H and O–H groups in total. The van der Waals surface area contributed by atoms with Gasteiger partial charge in [0.2, 0.25) is 5.91 Å². The molecule has 2 aromatic rings. The Kier molecular flexibility index (Phi) is 6.00. The lowest BCUT2D eigenvalue weighted by Crippen LogP contribution is -2.47. The molecule has 2 heterocycles. The normalized spacial score (nSPS) is 16.9. The van der Waals surface area contributed by atoms with Crippen molar-refractivity contribution < 1.29 is 9.59 Å². The molecule has 0 saturated carbocycles. The average molecular weight is 404 g/mol. The third-order valence-electron chi connectivity index (χ3n) is 6.21. The Morgan fingerprint density at radius 3 is 2.50 bits per heavy atom.